The first-order chi connectivity index (χ1) is 7.56. The molecule has 0 saturated carbocycles. The Bertz CT molecular complexity index is 361. The predicted molar refractivity (Wildman–Crippen MR) is 65.1 cm³/mol. The Morgan fingerprint density at radius 2 is 2.00 bits per heavy atom. The topological polar surface area (TPSA) is 69.6 Å². The van der Waals surface area contributed by atoms with Crippen LogP contribution in [0.5, 0.6) is 11.5 Å². The van der Waals surface area contributed by atoms with Crippen molar-refractivity contribution in [1.82, 2.24) is 5.32 Å². The van der Waals surface area contributed by atoms with Gasteiger partial charge in [0.15, 0.2) is 0 Å². The average molecular weight is 241 g/mol. The lowest BCUT2D eigenvalue weighted by molar-refractivity contribution is 0.0938. The predicted octanol–water partition coefficient (Wildman–Crippen LogP) is 1.58. The lowest BCUT2D eigenvalue weighted by Gasteiger charge is -2.13. The summed E-state index contributed by atoms with van der Waals surface area (Å²) in [6.07, 6.45) is 1.94. The zero-order chi connectivity index (χ0) is 12.1. The molecule has 1 unspecified atom stereocenters. The van der Waals surface area contributed by atoms with Gasteiger partial charge in [0.25, 0.3) is 5.91 Å². The number of benzene rings is 1. The molecule has 0 heterocycles. The van der Waals surface area contributed by atoms with Gasteiger partial charge in [-0.25, -0.2) is 0 Å². The van der Waals surface area contributed by atoms with Gasteiger partial charge in [-0.3, -0.25) is 4.79 Å². The molecule has 5 heteroatoms. The summed E-state index contributed by atoms with van der Waals surface area (Å²) < 4.78 is 0. The third-order valence-corrected chi connectivity index (χ3v) is 2.88. The molecule has 0 bridgehead atoms. The number of carbonyl (C=O) groups is 1. The molecule has 1 aromatic rings. The lowest BCUT2D eigenvalue weighted by Crippen LogP contribution is -2.34. The molecule has 1 atom stereocenters. The van der Waals surface area contributed by atoms with Crippen LogP contribution < -0.4 is 5.32 Å². The summed E-state index contributed by atoms with van der Waals surface area (Å²) in [5, 5.41) is 21.7. The average Bonchev–Trinajstić information content (AvgIpc) is 2.17. The van der Waals surface area contributed by atoms with Crippen LogP contribution in [0.25, 0.3) is 0 Å². The molecule has 88 valence electrons. The summed E-state index contributed by atoms with van der Waals surface area (Å²) in [5.41, 5.74) is -0.0737. The molecule has 0 spiro atoms. The number of phenols is 2. The highest BCUT2D eigenvalue weighted by Gasteiger charge is 2.17. The molecule has 4 nitrogen and oxygen atoms in total. The number of phenolic OH excluding ortho intramolecular Hbond substituents is 2. The summed E-state index contributed by atoms with van der Waals surface area (Å²) in [7, 11) is 0. The third kappa shape index (κ3) is 3.06. The van der Waals surface area contributed by atoms with Crippen LogP contribution in [-0.2, 0) is 0 Å². The molecular weight excluding hydrogens is 226 g/mol. The fourth-order valence-corrected chi connectivity index (χ4v) is 1.93. The monoisotopic (exact) mass is 241 g/mol. The third-order valence-electron chi connectivity index (χ3n) is 2.04. The Labute approximate surface area is 98.7 Å². The number of aromatic hydroxyl groups is 2. The van der Waals surface area contributed by atoms with Crippen molar-refractivity contribution in [2.45, 2.75) is 13.0 Å². The van der Waals surface area contributed by atoms with E-state index in [2.05, 4.69) is 5.32 Å². The molecule has 0 saturated heterocycles. The molecule has 1 amide bonds. The van der Waals surface area contributed by atoms with E-state index < -0.39 is 5.91 Å². The quantitative estimate of drug-likeness (QED) is 0.748. The van der Waals surface area contributed by atoms with Crippen LogP contribution in [0.1, 0.15) is 17.3 Å². The van der Waals surface area contributed by atoms with Gasteiger partial charge < -0.3 is 15.5 Å². The van der Waals surface area contributed by atoms with Crippen LogP contribution >= 0.6 is 11.8 Å². The zero-order valence-electron chi connectivity index (χ0n) is 9.23. The second-order valence-electron chi connectivity index (χ2n) is 3.50. The first kappa shape index (κ1) is 12.7. The van der Waals surface area contributed by atoms with Crippen LogP contribution in [0.4, 0.5) is 0 Å². The van der Waals surface area contributed by atoms with Gasteiger partial charge >= 0.3 is 0 Å². The van der Waals surface area contributed by atoms with Gasteiger partial charge in [-0.1, -0.05) is 6.07 Å². The summed E-state index contributed by atoms with van der Waals surface area (Å²) in [6.45, 7) is 1.87. The van der Waals surface area contributed by atoms with Gasteiger partial charge in [0.05, 0.1) is 0 Å². The van der Waals surface area contributed by atoms with E-state index in [1.807, 2.05) is 13.2 Å². The number of nitrogens with one attached hydrogen (secondary N) is 1. The van der Waals surface area contributed by atoms with Crippen molar-refractivity contribution in [3.63, 3.8) is 0 Å². The van der Waals surface area contributed by atoms with Crippen molar-refractivity contribution in [3.8, 4) is 11.5 Å². The van der Waals surface area contributed by atoms with Gasteiger partial charge in [-0.15, -0.1) is 0 Å². The normalized spacial score (nSPS) is 12.1. The van der Waals surface area contributed by atoms with Crippen LogP contribution in [-0.4, -0.2) is 34.2 Å². The smallest absolute Gasteiger partial charge is 0.259 e. The highest BCUT2D eigenvalue weighted by molar-refractivity contribution is 7.98. The van der Waals surface area contributed by atoms with Gasteiger partial charge in [-0.2, -0.15) is 11.8 Å². The van der Waals surface area contributed by atoms with Gasteiger partial charge in [0.1, 0.15) is 17.1 Å². The van der Waals surface area contributed by atoms with Gasteiger partial charge in [0.2, 0.25) is 0 Å². The zero-order valence-corrected chi connectivity index (χ0v) is 10.0. The maximum atomic E-state index is 11.7. The van der Waals surface area contributed by atoms with Crippen molar-refractivity contribution in [2.24, 2.45) is 0 Å². The molecule has 3 N–H and O–H groups in total. The van der Waals surface area contributed by atoms with E-state index in [9.17, 15) is 15.0 Å². The maximum absolute atomic E-state index is 11.7. The minimum absolute atomic E-state index is 0.0125. The van der Waals surface area contributed by atoms with Crippen molar-refractivity contribution in [2.75, 3.05) is 12.0 Å². The molecule has 1 aromatic carbocycles. The number of hydrogen-bond acceptors (Lipinski definition) is 4. The maximum Gasteiger partial charge on any atom is 0.259 e. The van der Waals surface area contributed by atoms with Crippen molar-refractivity contribution in [1.29, 1.82) is 0 Å². The van der Waals surface area contributed by atoms with E-state index in [0.717, 1.165) is 5.75 Å². The molecule has 1 rings (SSSR count). The number of carbonyl (C=O) groups excluding carboxylic acids is 1. The lowest BCUT2D eigenvalue weighted by atomic mass is 10.1. The number of amides is 1. The SMILES string of the molecule is CSCC(C)NC(=O)c1c(O)cccc1O. The van der Waals surface area contributed by atoms with Crippen LogP contribution in [0.2, 0.25) is 0 Å². The largest absolute Gasteiger partial charge is 0.507 e. The number of rotatable bonds is 4. The van der Waals surface area contributed by atoms with Gasteiger partial charge in [-0.05, 0) is 25.3 Å². The standard InChI is InChI=1S/C11H15NO3S/c1-7(6-16-2)12-11(15)10-8(13)4-3-5-9(10)14/h3-5,7,13-14H,6H2,1-2H3,(H,12,15). The first-order valence-corrected chi connectivity index (χ1v) is 6.26. The number of hydrogen-bond donors (Lipinski definition) is 3. The molecule has 0 radical (unpaired) electrons. The molecule has 0 aliphatic rings. The first-order valence-electron chi connectivity index (χ1n) is 4.87. The summed E-state index contributed by atoms with van der Waals surface area (Å²) in [4.78, 5) is 11.7. The van der Waals surface area contributed by atoms with Crippen LogP contribution in [0.15, 0.2) is 18.2 Å². The molecule has 0 aliphatic carbocycles. The van der Waals surface area contributed by atoms with Crippen LogP contribution in [0.3, 0.4) is 0 Å². The van der Waals surface area contributed by atoms with E-state index >= 15 is 0 Å². The fraction of sp³-hybridized carbons (Fsp3) is 0.364. The minimum Gasteiger partial charge on any atom is -0.507 e. The summed E-state index contributed by atoms with van der Waals surface area (Å²) in [6, 6.07) is 4.20. The van der Waals surface area contributed by atoms with Crippen molar-refractivity contribution >= 4 is 17.7 Å². The molecular formula is C11H15NO3S. The second kappa shape index (κ2) is 5.65. The van der Waals surface area contributed by atoms with Gasteiger partial charge in [0, 0.05) is 11.8 Å². The molecule has 0 aromatic heterocycles. The Kier molecular flexibility index (Phi) is 4.49. The van der Waals surface area contributed by atoms with E-state index in [1.165, 1.54) is 18.2 Å². The van der Waals surface area contributed by atoms with E-state index in [0.29, 0.717) is 0 Å². The minimum atomic E-state index is -0.461. The Morgan fingerprint density at radius 1 is 1.44 bits per heavy atom. The van der Waals surface area contributed by atoms with Crippen molar-refractivity contribution in [3.05, 3.63) is 23.8 Å². The fourth-order valence-electron chi connectivity index (χ4n) is 1.35. The molecule has 0 fully saturated rings. The van der Waals surface area contributed by atoms with E-state index in [4.69, 9.17) is 0 Å². The van der Waals surface area contributed by atoms with Crippen molar-refractivity contribution < 1.29 is 15.0 Å². The highest BCUT2D eigenvalue weighted by atomic mass is 32.2. The summed E-state index contributed by atoms with van der Waals surface area (Å²) in [5.74, 6) is -0.111. The highest BCUT2D eigenvalue weighted by Crippen LogP contribution is 2.25. The van der Waals surface area contributed by atoms with E-state index in [1.54, 1.807) is 11.8 Å². The van der Waals surface area contributed by atoms with Crippen LogP contribution in [0, 0.1) is 0 Å². The Balaban J connectivity index is 2.80. The van der Waals surface area contributed by atoms with E-state index in [-0.39, 0.29) is 23.1 Å². The summed E-state index contributed by atoms with van der Waals surface area (Å²) >= 11 is 1.62. The molecule has 0 aliphatic heterocycles. The Morgan fingerprint density at radius 3 is 2.50 bits per heavy atom. The second-order valence-corrected chi connectivity index (χ2v) is 4.41. The number of thioether (sulfide) groups is 1. The molecule has 16 heavy (non-hydrogen) atoms. The Hall–Kier alpha value is -1.36.